The third-order valence-corrected chi connectivity index (χ3v) is 5.05. The van der Waals surface area contributed by atoms with Gasteiger partial charge in [0.2, 0.25) is 0 Å². The summed E-state index contributed by atoms with van der Waals surface area (Å²) in [5, 5.41) is 4.49. The smallest absolute Gasteiger partial charge is 0.0764 e. The lowest BCUT2D eigenvalue weighted by Crippen LogP contribution is -2.61. The molecule has 2 saturated heterocycles. The van der Waals surface area contributed by atoms with Crippen molar-refractivity contribution in [3.63, 3.8) is 0 Å². The number of ether oxygens (including phenoxy) is 2. The molecule has 0 unspecified atom stereocenters. The van der Waals surface area contributed by atoms with Crippen molar-refractivity contribution in [2.45, 2.75) is 24.9 Å². The van der Waals surface area contributed by atoms with Crippen LogP contribution >= 0.6 is 0 Å². The van der Waals surface area contributed by atoms with Crippen LogP contribution in [-0.4, -0.2) is 78.2 Å². The largest absolute Gasteiger partial charge is 0.383 e. The number of nitrogens with zero attached hydrogens (tertiary/aromatic N) is 4. The SMILES string of the molecule is COCCN1CCOCC12CCN(Cc1ccn(C)n1)CC2. The van der Waals surface area contributed by atoms with E-state index in [-0.39, 0.29) is 5.54 Å². The molecule has 2 aliphatic heterocycles. The normalized spacial score (nSPS) is 23.2. The van der Waals surface area contributed by atoms with Crippen LogP contribution in [0.2, 0.25) is 0 Å². The number of aromatic nitrogens is 2. The fourth-order valence-electron chi connectivity index (χ4n) is 3.68. The van der Waals surface area contributed by atoms with E-state index in [1.165, 1.54) is 12.8 Å². The molecule has 2 fully saturated rings. The van der Waals surface area contributed by atoms with E-state index in [1.54, 1.807) is 7.11 Å². The van der Waals surface area contributed by atoms with E-state index in [2.05, 4.69) is 21.0 Å². The number of methoxy groups -OCH3 is 1. The molecule has 2 aliphatic rings. The highest BCUT2D eigenvalue weighted by atomic mass is 16.5. The molecule has 1 aromatic rings. The van der Waals surface area contributed by atoms with Crippen LogP contribution in [0.1, 0.15) is 18.5 Å². The fraction of sp³-hybridized carbons (Fsp3) is 0.812. The molecule has 124 valence electrons. The van der Waals surface area contributed by atoms with Crippen molar-refractivity contribution >= 4 is 0 Å². The van der Waals surface area contributed by atoms with Crippen molar-refractivity contribution < 1.29 is 9.47 Å². The van der Waals surface area contributed by atoms with E-state index < -0.39 is 0 Å². The molecule has 3 heterocycles. The fourth-order valence-corrected chi connectivity index (χ4v) is 3.68. The molecule has 0 radical (unpaired) electrons. The van der Waals surface area contributed by atoms with Crippen LogP contribution < -0.4 is 0 Å². The van der Waals surface area contributed by atoms with E-state index in [1.807, 2.05) is 17.9 Å². The molecule has 6 nitrogen and oxygen atoms in total. The summed E-state index contributed by atoms with van der Waals surface area (Å²) >= 11 is 0. The Morgan fingerprint density at radius 2 is 2.14 bits per heavy atom. The standard InChI is InChI=1S/C16H28N4O2/c1-18-6-3-15(17-18)13-19-7-4-16(5-8-19)14-22-12-10-20(16)9-11-21-2/h3,6H,4-5,7-14H2,1-2H3. The van der Waals surface area contributed by atoms with Crippen molar-refractivity contribution in [2.75, 3.05) is 53.1 Å². The Balaban J connectivity index is 1.56. The molecular formula is C16H28N4O2. The van der Waals surface area contributed by atoms with Crippen LogP contribution in [0.4, 0.5) is 0 Å². The van der Waals surface area contributed by atoms with Gasteiger partial charge >= 0.3 is 0 Å². The summed E-state index contributed by atoms with van der Waals surface area (Å²) in [6.45, 7) is 7.75. The Morgan fingerprint density at radius 3 is 2.82 bits per heavy atom. The molecule has 0 aromatic carbocycles. The number of hydrogen-bond acceptors (Lipinski definition) is 5. The van der Waals surface area contributed by atoms with Gasteiger partial charge in [0.1, 0.15) is 0 Å². The number of morpholine rings is 1. The average Bonchev–Trinajstić information content (AvgIpc) is 2.94. The second kappa shape index (κ2) is 7.08. The second-order valence-corrected chi connectivity index (χ2v) is 6.51. The Kier molecular flexibility index (Phi) is 5.13. The molecule has 0 amide bonds. The van der Waals surface area contributed by atoms with Gasteiger partial charge in [-0.15, -0.1) is 0 Å². The van der Waals surface area contributed by atoms with E-state index in [0.29, 0.717) is 0 Å². The molecule has 0 saturated carbocycles. The van der Waals surface area contributed by atoms with Gasteiger partial charge in [0.05, 0.1) is 25.5 Å². The van der Waals surface area contributed by atoms with Crippen LogP contribution in [0.3, 0.4) is 0 Å². The van der Waals surface area contributed by atoms with Gasteiger partial charge in [-0.2, -0.15) is 5.10 Å². The predicted octanol–water partition coefficient (Wildman–Crippen LogP) is 0.733. The predicted molar refractivity (Wildman–Crippen MR) is 84.7 cm³/mol. The first-order chi connectivity index (χ1) is 10.7. The van der Waals surface area contributed by atoms with Gasteiger partial charge in [0.25, 0.3) is 0 Å². The highest BCUT2D eigenvalue weighted by molar-refractivity contribution is 5.01. The molecule has 6 heteroatoms. The van der Waals surface area contributed by atoms with Crippen molar-refractivity contribution in [2.24, 2.45) is 7.05 Å². The van der Waals surface area contributed by atoms with Gasteiger partial charge in [-0.1, -0.05) is 0 Å². The Labute approximate surface area is 133 Å². The molecular weight excluding hydrogens is 280 g/mol. The summed E-state index contributed by atoms with van der Waals surface area (Å²) in [7, 11) is 3.75. The Hall–Kier alpha value is -0.950. The first-order valence-corrected chi connectivity index (χ1v) is 8.24. The summed E-state index contributed by atoms with van der Waals surface area (Å²) in [6.07, 6.45) is 4.36. The minimum atomic E-state index is 0.220. The summed E-state index contributed by atoms with van der Waals surface area (Å²) in [6, 6.07) is 2.11. The first kappa shape index (κ1) is 15.9. The quantitative estimate of drug-likeness (QED) is 0.802. The van der Waals surface area contributed by atoms with Crippen molar-refractivity contribution in [1.82, 2.24) is 19.6 Å². The lowest BCUT2D eigenvalue weighted by molar-refractivity contribution is -0.101. The summed E-state index contributed by atoms with van der Waals surface area (Å²) in [5.74, 6) is 0. The lowest BCUT2D eigenvalue weighted by atomic mass is 9.85. The first-order valence-electron chi connectivity index (χ1n) is 8.24. The Morgan fingerprint density at radius 1 is 1.32 bits per heavy atom. The number of likely N-dealkylation sites (tertiary alicyclic amines) is 1. The summed E-state index contributed by atoms with van der Waals surface area (Å²) < 4.78 is 13.0. The minimum absolute atomic E-state index is 0.220. The minimum Gasteiger partial charge on any atom is -0.383 e. The van der Waals surface area contributed by atoms with E-state index in [0.717, 1.165) is 58.2 Å². The molecule has 0 N–H and O–H groups in total. The van der Waals surface area contributed by atoms with Gasteiger partial charge in [-0.25, -0.2) is 0 Å². The van der Waals surface area contributed by atoms with Crippen LogP contribution in [0.5, 0.6) is 0 Å². The topological polar surface area (TPSA) is 42.8 Å². The van der Waals surface area contributed by atoms with Gasteiger partial charge in [-0.3, -0.25) is 14.5 Å². The monoisotopic (exact) mass is 308 g/mol. The van der Waals surface area contributed by atoms with Crippen LogP contribution in [0.25, 0.3) is 0 Å². The zero-order chi connectivity index (χ0) is 15.4. The molecule has 1 aromatic heterocycles. The molecule has 0 bridgehead atoms. The molecule has 22 heavy (non-hydrogen) atoms. The number of aryl methyl sites for hydroxylation is 1. The van der Waals surface area contributed by atoms with Gasteiger partial charge < -0.3 is 9.47 Å². The maximum Gasteiger partial charge on any atom is 0.0764 e. The van der Waals surface area contributed by atoms with E-state index >= 15 is 0 Å². The third-order valence-electron chi connectivity index (χ3n) is 5.05. The second-order valence-electron chi connectivity index (χ2n) is 6.51. The average molecular weight is 308 g/mol. The molecule has 1 spiro atoms. The highest BCUT2D eigenvalue weighted by Crippen LogP contribution is 2.32. The zero-order valence-corrected chi connectivity index (χ0v) is 13.8. The molecule has 0 aliphatic carbocycles. The maximum absolute atomic E-state index is 5.81. The van der Waals surface area contributed by atoms with Gasteiger partial charge in [0, 0.05) is 58.6 Å². The number of rotatable bonds is 5. The van der Waals surface area contributed by atoms with E-state index in [4.69, 9.17) is 9.47 Å². The molecule has 0 atom stereocenters. The summed E-state index contributed by atoms with van der Waals surface area (Å²) in [4.78, 5) is 5.11. The summed E-state index contributed by atoms with van der Waals surface area (Å²) in [5.41, 5.74) is 1.38. The Bertz CT molecular complexity index is 468. The third kappa shape index (κ3) is 3.51. The molecule has 3 rings (SSSR count). The van der Waals surface area contributed by atoms with Crippen molar-refractivity contribution in [3.8, 4) is 0 Å². The van der Waals surface area contributed by atoms with Crippen LogP contribution in [-0.2, 0) is 23.1 Å². The lowest BCUT2D eigenvalue weighted by Gasteiger charge is -2.51. The van der Waals surface area contributed by atoms with E-state index in [9.17, 15) is 0 Å². The van der Waals surface area contributed by atoms with Gasteiger partial charge in [-0.05, 0) is 18.9 Å². The zero-order valence-electron chi connectivity index (χ0n) is 13.8. The van der Waals surface area contributed by atoms with Crippen LogP contribution in [0.15, 0.2) is 12.3 Å². The maximum atomic E-state index is 5.81. The highest BCUT2D eigenvalue weighted by Gasteiger charge is 2.41. The van der Waals surface area contributed by atoms with Crippen molar-refractivity contribution in [1.29, 1.82) is 0 Å². The number of hydrogen-bond donors (Lipinski definition) is 0. The van der Waals surface area contributed by atoms with Crippen LogP contribution in [0, 0.1) is 0 Å². The number of piperidine rings is 1. The van der Waals surface area contributed by atoms with Crippen molar-refractivity contribution in [3.05, 3.63) is 18.0 Å². The van der Waals surface area contributed by atoms with Gasteiger partial charge in [0.15, 0.2) is 0 Å².